The maximum atomic E-state index is 13.5. The Balaban J connectivity index is 2.95. The quantitative estimate of drug-likeness (QED) is 0.685. The monoisotopic (exact) mass is 290 g/mol. The Hall–Kier alpha value is -1.18. The highest BCUT2D eigenvalue weighted by Crippen LogP contribution is 2.21. The molecule has 0 aromatic heterocycles. The van der Waals surface area contributed by atoms with Gasteiger partial charge in [0.1, 0.15) is 5.82 Å². The molecular formula is C12H19FN2O3S. The van der Waals surface area contributed by atoms with Crippen molar-refractivity contribution in [2.45, 2.75) is 37.6 Å². The van der Waals surface area contributed by atoms with Gasteiger partial charge >= 0.3 is 0 Å². The van der Waals surface area contributed by atoms with Gasteiger partial charge < -0.3 is 10.8 Å². The molecular weight excluding hydrogens is 271 g/mol. The van der Waals surface area contributed by atoms with Crippen LogP contribution in [-0.4, -0.2) is 26.2 Å². The van der Waals surface area contributed by atoms with E-state index in [0.29, 0.717) is 12.8 Å². The number of aliphatic hydroxyl groups excluding tert-OH is 1. The van der Waals surface area contributed by atoms with E-state index in [1.807, 2.05) is 0 Å². The van der Waals surface area contributed by atoms with Crippen LogP contribution < -0.4 is 10.5 Å². The molecule has 0 radical (unpaired) electrons. The lowest BCUT2D eigenvalue weighted by molar-refractivity contribution is 0.279. The standard InChI is InChI=1S/C12H19FN2O3S/c1-8(4-3-5-16)15-19(17,18)10-6-11(13)9(2)12(14)7-10/h6-8,15-16H,3-5,14H2,1-2H3. The molecule has 0 amide bonds. The number of aliphatic hydroxyl groups is 1. The molecule has 0 bridgehead atoms. The molecule has 19 heavy (non-hydrogen) atoms. The largest absolute Gasteiger partial charge is 0.398 e. The van der Waals surface area contributed by atoms with Crippen LogP contribution >= 0.6 is 0 Å². The Kier molecular flexibility index (Phi) is 5.28. The van der Waals surface area contributed by atoms with E-state index in [2.05, 4.69) is 4.72 Å². The van der Waals surface area contributed by atoms with Crippen LogP contribution in [0.15, 0.2) is 17.0 Å². The van der Waals surface area contributed by atoms with E-state index in [-0.39, 0.29) is 28.8 Å². The van der Waals surface area contributed by atoms with E-state index >= 15 is 0 Å². The van der Waals surface area contributed by atoms with Crippen LogP contribution in [0.5, 0.6) is 0 Å². The molecule has 0 aliphatic heterocycles. The van der Waals surface area contributed by atoms with Crippen LogP contribution in [-0.2, 0) is 10.0 Å². The Labute approximate surface area is 112 Å². The molecule has 0 spiro atoms. The Morgan fingerprint density at radius 3 is 2.63 bits per heavy atom. The number of sulfonamides is 1. The highest BCUT2D eigenvalue weighted by molar-refractivity contribution is 7.89. The van der Waals surface area contributed by atoms with Crippen LogP contribution in [0.25, 0.3) is 0 Å². The lowest BCUT2D eigenvalue weighted by atomic mass is 10.2. The van der Waals surface area contributed by atoms with Gasteiger partial charge in [0.05, 0.1) is 4.90 Å². The van der Waals surface area contributed by atoms with Crippen molar-refractivity contribution in [3.05, 3.63) is 23.5 Å². The fraction of sp³-hybridized carbons (Fsp3) is 0.500. The van der Waals surface area contributed by atoms with Crippen LogP contribution in [0.3, 0.4) is 0 Å². The van der Waals surface area contributed by atoms with Gasteiger partial charge in [0.25, 0.3) is 0 Å². The average molecular weight is 290 g/mol. The summed E-state index contributed by atoms with van der Waals surface area (Å²) >= 11 is 0. The number of benzene rings is 1. The molecule has 4 N–H and O–H groups in total. The number of rotatable bonds is 6. The number of hydrogen-bond acceptors (Lipinski definition) is 4. The van der Waals surface area contributed by atoms with Crippen molar-refractivity contribution in [1.82, 2.24) is 4.72 Å². The third-order valence-corrected chi connectivity index (χ3v) is 4.39. The molecule has 1 aromatic rings. The molecule has 1 unspecified atom stereocenters. The van der Waals surface area contributed by atoms with Crippen molar-refractivity contribution < 1.29 is 17.9 Å². The fourth-order valence-corrected chi connectivity index (χ4v) is 2.94. The minimum absolute atomic E-state index is 0.00181. The third-order valence-electron chi connectivity index (χ3n) is 2.82. The van der Waals surface area contributed by atoms with E-state index < -0.39 is 15.8 Å². The molecule has 0 aliphatic carbocycles. The van der Waals surface area contributed by atoms with Crippen molar-refractivity contribution in [1.29, 1.82) is 0 Å². The molecule has 108 valence electrons. The Morgan fingerprint density at radius 1 is 1.47 bits per heavy atom. The molecule has 5 nitrogen and oxygen atoms in total. The Morgan fingerprint density at radius 2 is 2.11 bits per heavy atom. The minimum Gasteiger partial charge on any atom is -0.398 e. The van der Waals surface area contributed by atoms with Crippen molar-refractivity contribution in [2.75, 3.05) is 12.3 Å². The smallest absolute Gasteiger partial charge is 0.240 e. The number of nitrogens with two attached hydrogens (primary N) is 1. The molecule has 1 aromatic carbocycles. The molecule has 0 aliphatic rings. The van der Waals surface area contributed by atoms with Gasteiger partial charge in [-0.25, -0.2) is 17.5 Å². The van der Waals surface area contributed by atoms with E-state index in [4.69, 9.17) is 10.8 Å². The SMILES string of the molecule is Cc1c(N)cc(S(=O)(=O)NC(C)CCCO)cc1F. The van der Waals surface area contributed by atoms with Gasteiger partial charge in [-0.3, -0.25) is 0 Å². The zero-order valence-corrected chi connectivity index (χ0v) is 11.8. The first-order valence-corrected chi connectivity index (χ1v) is 7.45. The van der Waals surface area contributed by atoms with Crippen molar-refractivity contribution in [3.63, 3.8) is 0 Å². The number of nitrogens with one attached hydrogen (secondary N) is 1. The maximum absolute atomic E-state index is 13.5. The van der Waals surface area contributed by atoms with Crippen molar-refractivity contribution in [3.8, 4) is 0 Å². The van der Waals surface area contributed by atoms with Gasteiger partial charge in [-0.05, 0) is 38.8 Å². The van der Waals surface area contributed by atoms with E-state index in [1.165, 1.54) is 13.0 Å². The summed E-state index contributed by atoms with van der Waals surface area (Å²) < 4.78 is 40.0. The number of nitrogen functional groups attached to an aromatic ring is 1. The highest BCUT2D eigenvalue weighted by atomic mass is 32.2. The van der Waals surface area contributed by atoms with E-state index in [9.17, 15) is 12.8 Å². The second-order valence-corrected chi connectivity index (χ2v) is 6.22. The Bertz CT molecular complexity index is 523. The summed E-state index contributed by atoms with van der Waals surface area (Å²) in [6.07, 6.45) is 0.994. The van der Waals surface area contributed by atoms with Crippen molar-refractivity contribution in [2.24, 2.45) is 0 Å². The number of anilines is 1. The first-order chi connectivity index (χ1) is 8.77. The van der Waals surface area contributed by atoms with E-state index in [1.54, 1.807) is 6.92 Å². The fourth-order valence-electron chi connectivity index (χ4n) is 1.62. The zero-order valence-electron chi connectivity index (χ0n) is 11.0. The van der Waals surface area contributed by atoms with Gasteiger partial charge in [0, 0.05) is 23.9 Å². The topological polar surface area (TPSA) is 92.4 Å². The van der Waals surface area contributed by atoms with Gasteiger partial charge in [-0.15, -0.1) is 0 Å². The second kappa shape index (κ2) is 6.31. The van der Waals surface area contributed by atoms with Gasteiger partial charge in [0.15, 0.2) is 0 Å². The first kappa shape index (κ1) is 15.9. The zero-order chi connectivity index (χ0) is 14.6. The molecule has 0 fully saturated rings. The number of halogens is 1. The van der Waals surface area contributed by atoms with Gasteiger partial charge in [0.2, 0.25) is 10.0 Å². The number of hydrogen-bond donors (Lipinski definition) is 3. The summed E-state index contributed by atoms with van der Waals surface area (Å²) in [5, 5.41) is 8.69. The van der Waals surface area contributed by atoms with Crippen LogP contribution in [0.4, 0.5) is 10.1 Å². The second-order valence-electron chi connectivity index (χ2n) is 4.51. The predicted octanol–water partition coefficient (Wildman–Crippen LogP) is 1.16. The van der Waals surface area contributed by atoms with E-state index in [0.717, 1.165) is 6.07 Å². The molecule has 7 heteroatoms. The summed E-state index contributed by atoms with van der Waals surface area (Å²) in [7, 11) is -3.80. The van der Waals surface area contributed by atoms with Crippen LogP contribution in [0.1, 0.15) is 25.3 Å². The third kappa shape index (κ3) is 4.15. The van der Waals surface area contributed by atoms with Crippen molar-refractivity contribution >= 4 is 15.7 Å². The highest BCUT2D eigenvalue weighted by Gasteiger charge is 2.19. The maximum Gasteiger partial charge on any atom is 0.240 e. The summed E-state index contributed by atoms with van der Waals surface area (Å²) in [6, 6.07) is 1.84. The van der Waals surface area contributed by atoms with Crippen LogP contribution in [0, 0.1) is 12.7 Å². The molecule has 1 rings (SSSR count). The average Bonchev–Trinajstić information content (AvgIpc) is 2.32. The minimum atomic E-state index is -3.80. The van der Waals surface area contributed by atoms with Gasteiger partial charge in [-0.2, -0.15) is 0 Å². The predicted molar refractivity (Wildman–Crippen MR) is 71.7 cm³/mol. The molecule has 1 atom stereocenters. The summed E-state index contributed by atoms with van der Waals surface area (Å²) in [4.78, 5) is -0.191. The molecule has 0 heterocycles. The molecule has 0 saturated carbocycles. The lowest BCUT2D eigenvalue weighted by Crippen LogP contribution is -2.32. The lowest BCUT2D eigenvalue weighted by Gasteiger charge is -2.14. The molecule has 0 saturated heterocycles. The van der Waals surface area contributed by atoms with Crippen LogP contribution in [0.2, 0.25) is 0 Å². The summed E-state index contributed by atoms with van der Waals surface area (Å²) in [6.45, 7) is 3.16. The summed E-state index contributed by atoms with van der Waals surface area (Å²) in [5.41, 5.74) is 5.89. The normalized spacial score (nSPS) is 13.5. The summed E-state index contributed by atoms with van der Waals surface area (Å²) in [5.74, 6) is -0.650. The van der Waals surface area contributed by atoms with Gasteiger partial charge in [-0.1, -0.05) is 0 Å². The first-order valence-electron chi connectivity index (χ1n) is 5.96.